The van der Waals surface area contributed by atoms with E-state index in [1.807, 2.05) is 0 Å². The normalized spacial score (nSPS) is 0.870. The van der Waals surface area contributed by atoms with Crippen molar-refractivity contribution in [2.24, 2.45) is 0 Å². The van der Waals surface area contributed by atoms with Gasteiger partial charge in [-0.2, -0.15) is 0 Å². The zero-order valence-corrected chi connectivity index (χ0v) is 32.1. The zero-order valence-electron chi connectivity index (χ0n) is 12.7. The second-order valence-electron chi connectivity index (χ2n) is 0.0833. The molecule has 0 fully saturated rings. The summed E-state index contributed by atoms with van der Waals surface area (Å²) in [5, 5.41) is 0. The molecule has 0 saturated carbocycles. The van der Waals surface area contributed by atoms with E-state index in [1.54, 1.807) is 0 Å². The Kier molecular flexibility index (Phi) is 2400. The summed E-state index contributed by atoms with van der Waals surface area (Å²) >= 11 is 0.736. The Labute approximate surface area is 345 Å². The van der Waals surface area contributed by atoms with Gasteiger partial charge >= 0.3 is 302 Å². The molecule has 0 atom stereocenters. The summed E-state index contributed by atoms with van der Waals surface area (Å²) in [6, 6.07) is 0. The van der Waals surface area contributed by atoms with E-state index >= 15 is 0 Å². The maximum absolute atomic E-state index is 8.40. The van der Waals surface area contributed by atoms with Crippen molar-refractivity contribution in [3.63, 3.8) is 0 Å². The van der Waals surface area contributed by atoms with Gasteiger partial charge in [-0.15, -0.1) is 0 Å². The second kappa shape index (κ2) is 294. The van der Waals surface area contributed by atoms with Gasteiger partial charge in [0.1, 0.15) is 0 Å². The number of rotatable bonds is 0. The molecule has 2 radical (unpaired) electrons. The zero-order chi connectivity index (χ0) is 6.71. The fourth-order valence-electron chi connectivity index (χ4n) is 0. The maximum atomic E-state index is 8.40. The van der Waals surface area contributed by atoms with E-state index in [4.69, 9.17) is 13.5 Å². The van der Waals surface area contributed by atoms with E-state index in [1.165, 1.54) is 0 Å². The number of hydrogen-bond donors (Lipinski definition) is 0. The Balaban J connectivity index is -0.000000000459. The van der Waals surface area contributed by atoms with Crippen LogP contribution in [0.15, 0.2) is 0 Å². The Hall–Kier alpha value is 8.50. The first kappa shape index (κ1) is 188. The summed E-state index contributed by atoms with van der Waals surface area (Å²) in [5.74, 6) is 0. The van der Waals surface area contributed by atoms with Crippen molar-refractivity contribution in [3.8, 4) is 0 Å². The molecule has 0 N–H and O–H groups in total. The molecule has 0 aromatic rings. The van der Waals surface area contributed by atoms with Crippen LogP contribution in [-0.2, 0) is 91.5 Å². The molecular weight excluding hydrogens is 574 g/mol. The molecule has 12 nitrogen and oxygen atoms in total. The van der Waals surface area contributed by atoms with Gasteiger partial charge in [0, 0.05) is 0 Å². The second-order valence-corrected chi connectivity index (χ2v) is 0.250. The van der Waals surface area contributed by atoms with Gasteiger partial charge < -0.3 is 43.8 Å². The van der Waals surface area contributed by atoms with Gasteiger partial charge in [0.05, 0.1) is 0 Å². The van der Waals surface area contributed by atoms with Crippen LogP contribution in [0.2, 0.25) is 0 Å². The molecule has 0 aliphatic rings. The van der Waals surface area contributed by atoms with Gasteiger partial charge in [0.15, 0.2) is 0 Å². The fourth-order valence-corrected chi connectivity index (χ4v) is 0. The van der Waals surface area contributed by atoms with E-state index < -0.39 is 9.29 Å². The first-order chi connectivity index (χ1) is 3.41. The minimum atomic E-state index is -1.42. The molecule has 0 aromatic carbocycles. The van der Waals surface area contributed by atoms with Crippen molar-refractivity contribution in [3.05, 3.63) is 0 Å². The average Bonchev–Trinajstić information content (AvgIpc) is 1.78. The van der Waals surface area contributed by atoms with Crippen molar-refractivity contribution < 1.29 is 253 Å². The third-order valence-electron chi connectivity index (χ3n) is 0. The predicted molar refractivity (Wildman–Crippen MR) is 37.0 cm³/mol. The van der Waals surface area contributed by atoms with Crippen molar-refractivity contribution in [1.29, 1.82) is 0 Å². The van der Waals surface area contributed by atoms with E-state index in [0.29, 0.717) is 21.7 Å². The fraction of sp³-hybridized carbons (Fsp3) is 0. The van der Waals surface area contributed by atoms with E-state index in [0.717, 1.165) is 0 Å². The molecule has 0 aliphatic carbocycles. The van der Waals surface area contributed by atoms with Crippen LogP contribution in [0.4, 0.5) is 0 Å². The quantitative estimate of drug-likeness (QED) is 0.254. The molecule has 0 rings (SSSR count). The SMILES string of the molecule is O=[Si]=O.[Al+3].[Al+3].[Fe+3].[Fe+3].[K+].[K+].[Na+].[Na+].[O-2].[O-2].[O-2].[O-2].[O-2].[O-2].[O-2].[O-2].[O]=[Ca].[O]=[Mg]. The van der Waals surface area contributed by atoms with Gasteiger partial charge in [0.25, 0.3) is 0 Å². The van der Waals surface area contributed by atoms with Crippen LogP contribution >= 0.6 is 0 Å². The molecule has 23 heavy (non-hydrogen) atoms. The van der Waals surface area contributed by atoms with Crippen LogP contribution in [-0.4, -0.2) is 102 Å². The molecule has 0 unspecified atom stereocenters. The molecule has 0 aliphatic heterocycles. The van der Waals surface area contributed by atoms with Gasteiger partial charge in [-0.25, -0.2) is 0 Å². The standard InChI is InChI=1S/2Al.Ca.2Fe.2K.Mg.2Na.O2Si.10O/c;;;;;;;;;;1-3-2;;;;;;;;;;/q2*+3;;2*+3;2*+1;;2*+1;;;;8*-2. The predicted octanol–water partition coefficient (Wildman–Crippen LogP) is -15.3. The van der Waals surface area contributed by atoms with Gasteiger partial charge in [-0.1, -0.05) is 0 Å². The summed E-state index contributed by atoms with van der Waals surface area (Å²) in [6.45, 7) is 0. The molecule has 0 aromatic heterocycles. The third-order valence-corrected chi connectivity index (χ3v) is 0. The van der Waals surface area contributed by atoms with Crippen molar-refractivity contribution >= 4 is 102 Å². The van der Waals surface area contributed by atoms with Gasteiger partial charge in [0.2, 0.25) is 0 Å². The van der Waals surface area contributed by atoms with Crippen LogP contribution in [0.5, 0.6) is 0 Å². The molecule has 0 amide bonds. The van der Waals surface area contributed by atoms with Crippen LogP contribution in [0.1, 0.15) is 0 Å². The van der Waals surface area contributed by atoms with Crippen LogP contribution in [0, 0.1) is 0 Å². The summed E-state index contributed by atoms with van der Waals surface area (Å²) in [4.78, 5) is 0. The Morgan fingerprint density at radius 2 is 0.565 bits per heavy atom. The minimum absolute atomic E-state index is 0. The third kappa shape index (κ3) is 343. The van der Waals surface area contributed by atoms with Crippen LogP contribution < -0.4 is 162 Å². The Morgan fingerprint density at radius 1 is 0.565 bits per heavy atom. The molecule has 106 valence electrons. The first-order valence-electron chi connectivity index (χ1n) is 0.986. The van der Waals surface area contributed by atoms with E-state index in [9.17, 15) is 0 Å². The summed E-state index contributed by atoms with van der Waals surface area (Å²) in [5.41, 5.74) is 0. The Bertz CT molecular complexity index is 89.0. The molecule has 0 saturated heterocycles. The molecule has 23 heteroatoms. The molecule has 0 bridgehead atoms. The van der Waals surface area contributed by atoms with Gasteiger partial charge in [-0.3, -0.25) is 8.92 Å². The Morgan fingerprint density at radius 3 is 0.565 bits per heavy atom. The van der Waals surface area contributed by atoms with Crippen molar-refractivity contribution in [1.82, 2.24) is 0 Å². The number of hydrogen-bond acceptors (Lipinski definition) is 4. The van der Waals surface area contributed by atoms with E-state index in [2.05, 4.69) is 0 Å². The summed E-state index contributed by atoms with van der Waals surface area (Å²) in [7, 11) is -1.42. The van der Waals surface area contributed by atoms with E-state index in [-0.39, 0.29) is 310 Å². The van der Waals surface area contributed by atoms with Crippen molar-refractivity contribution in [2.75, 3.05) is 0 Å². The average molecular weight is 574 g/mol. The molecule has 0 spiro atoms. The topological polar surface area (TPSA) is 296 Å². The molecular formula is Al2CaFe2K2MgNa2O12Si. The van der Waals surface area contributed by atoms with Crippen LogP contribution in [0.3, 0.4) is 0 Å². The summed E-state index contributed by atoms with van der Waals surface area (Å²) < 4.78 is 33.5. The first-order valence-corrected chi connectivity index (χ1v) is 3.28. The van der Waals surface area contributed by atoms with Gasteiger partial charge in [-0.05, 0) is 0 Å². The summed E-state index contributed by atoms with van der Waals surface area (Å²) in [6.07, 6.45) is 0. The monoisotopic (exact) mass is 574 g/mol. The molecule has 0 heterocycles. The van der Waals surface area contributed by atoms with Crippen LogP contribution in [0.25, 0.3) is 0 Å². The van der Waals surface area contributed by atoms with Crippen molar-refractivity contribution in [2.45, 2.75) is 0 Å².